The van der Waals surface area contributed by atoms with E-state index < -0.39 is 0 Å². The summed E-state index contributed by atoms with van der Waals surface area (Å²) in [5.74, 6) is 1.48. The van der Waals surface area contributed by atoms with Gasteiger partial charge in [0.1, 0.15) is 27.1 Å². The molecule has 2 aromatic heterocycles. The van der Waals surface area contributed by atoms with Crippen LogP contribution in [0.2, 0.25) is 0 Å². The van der Waals surface area contributed by atoms with E-state index in [1.54, 1.807) is 0 Å². The standard InChI is InChI=1S/C11H13BrN6S/c1-2-3-9-15-6(12)4-10(18-9)19-11-16-7(13)5-8(14)17-11/h4-5H,2-3H2,1H3,(H4,13,14,16,17). The van der Waals surface area contributed by atoms with Crippen LogP contribution in [0.1, 0.15) is 19.2 Å². The molecule has 0 fully saturated rings. The van der Waals surface area contributed by atoms with Crippen molar-refractivity contribution < 1.29 is 0 Å². The van der Waals surface area contributed by atoms with Crippen LogP contribution in [0, 0.1) is 0 Å². The molecule has 100 valence electrons. The van der Waals surface area contributed by atoms with Gasteiger partial charge in [-0.2, -0.15) is 0 Å². The van der Waals surface area contributed by atoms with Crippen molar-refractivity contribution in [1.82, 2.24) is 19.9 Å². The van der Waals surface area contributed by atoms with Crippen LogP contribution in [0.15, 0.2) is 26.9 Å². The molecule has 0 saturated heterocycles. The summed E-state index contributed by atoms with van der Waals surface area (Å²) in [6.45, 7) is 2.08. The van der Waals surface area contributed by atoms with Gasteiger partial charge in [-0.05, 0) is 34.1 Å². The number of nitrogens with two attached hydrogens (primary N) is 2. The van der Waals surface area contributed by atoms with Crippen LogP contribution >= 0.6 is 27.7 Å². The maximum absolute atomic E-state index is 5.63. The van der Waals surface area contributed by atoms with Gasteiger partial charge in [-0.1, -0.05) is 6.92 Å². The van der Waals surface area contributed by atoms with E-state index in [-0.39, 0.29) is 0 Å². The van der Waals surface area contributed by atoms with Crippen molar-refractivity contribution in [1.29, 1.82) is 0 Å². The first kappa shape index (κ1) is 14.0. The first-order valence-electron chi connectivity index (χ1n) is 5.68. The second-order valence-corrected chi connectivity index (χ2v) is 5.60. The summed E-state index contributed by atoms with van der Waals surface area (Å²) in [4.78, 5) is 17.0. The van der Waals surface area contributed by atoms with Crippen LogP contribution in [0.25, 0.3) is 0 Å². The van der Waals surface area contributed by atoms with E-state index in [0.29, 0.717) is 16.8 Å². The van der Waals surface area contributed by atoms with Gasteiger partial charge in [-0.25, -0.2) is 19.9 Å². The molecule has 19 heavy (non-hydrogen) atoms. The van der Waals surface area contributed by atoms with Crippen LogP contribution in [0.3, 0.4) is 0 Å². The molecule has 4 N–H and O–H groups in total. The Morgan fingerprint density at radius 2 is 1.79 bits per heavy atom. The van der Waals surface area contributed by atoms with Crippen molar-refractivity contribution in [3.05, 3.63) is 22.6 Å². The fourth-order valence-corrected chi connectivity index (χ4v) is 2.81. The molecule has 2 rings (SSSR count). The molecule has 6 nitrogen and oxygen atoms in total. The van der Waals surface area contributed by atoms with Gasteiger partial charge in [-0.15, -0.1) is 0 Å². The highest BCUT2D eigenvalue weighted by Gasteiger charge is 2.08. The number of anilines is 2. The third-order valence-electron chi connectivity index (χ3n) is 2.13. The van der Waals surface area contributed by atoms with E-state index in [4.69, 9.17) is 11.5 Å². The van der Waals surface area contributed by atoms with Crippen LogP contribution in [-0.4, -0.2) is 19.9 Å². The van der Waals surface area contributed by atoms with Crippen molar-refractivity contribution in [2.24, 2.45) is 0 Å². The Labute approximate surface area is 123 Å². The summed E-state index contributed by atoms with van der Waals surface area (Å²) in [5.41, 5.74) is 11.3. The Balaban J connectivity index is 2.27. The number of nitrogens with zero attached hydrogens (tertiary/aromatic N) is 4. The van der Waals surface area contributed by atoms with E-state index in [9.17, 15) is 0 Å². The van der Waals surface area contributed by atoms with Crippen LogP contribution < -0.4 is 11.5 Å². The lowest BCUT2D eigenvalue weighted by Crippen LogP contribution is -2.00. The minimum Gasteiger partial charge on any atom is -0.383 e. The van der Waals surface area contributed by atoms with Gasteiger partial charge in [0.2, 0.25) is 0 Å². The second kappa shape index (κ2) is 6.16. The van der Waals surface area contributed by atoms with Gasteiger partial charge in [0.15, 0.2) is 5.16 Å². The maximum atomic E-state index is 5.63. The van der Waals surface area contributed by atoms with Crippen molar-refractivity contribution in [2.75, 3.05) is 11.5 Å². The van der Waals surface area contributed by atoms with Gasteiger partial charge >= 0.3 is 0 Å². The zero-order valence-electron chi connectivity index (χ0n) is 10.3. The number of hydrogen-bond donors (Lipinski definition) is 2. The van der Waals surface area contributed by atoms with Crippen LogP contribution in [0.5, 0.6) is 0 Å². The lowest BCUT2D eigenvalue weighted by Gasteiger charge is -2.04. The van der Waals surface area contributed by atoms with Gasteiger partial charge in [-0.3, -0.25) is 0 Å². The zero-order valence-corrected chi connectivity index (χ0v) is 12.7. The maximum Gasteiger partial charge on any atom is 0.197 e. The number of halogens is 1. The van der Waals surface area contributed by atoms with Crippen molar-refractivity contribution >= 4 is 39.3 Å². The molecule has 2 heterocycles. The van der Waals surface area contributed by atoms with Gasteiger partial charge in [0.05, 0.1) is 0 Å². The van der Waals surface area contributed by atoms with Crippen molar-refractivity contribution in [3.8, 4) is 0 Å². The van der Waals surface area contributed by atoms with Crippen molar-refractivity contribution in [2.45, 2.75) is 29.9 Å². The molecule has 2 aromatic rings. The monoisotopic (exact) mass is 340 g/mol. The third kappa shape index (κ3) is 4.03. The molecular weight excluding hydrogens is 328 g/mol. The molecule has 0 saturated carbocycles. The average Bonchev–Trinajstić information content (AvgIpc) is 2.26. The number of hydrogen-bond acceptors (Lipinski definition) is 7. The highest BCUT2D eigenvalue weighted by atomic mass is 79.9. The summed E-state index contributed by atoms with van der Waals surface area (Å²) in [6.07, 6.45) is 1.81. The molecule has 0 spiro atoms. The summed E-state index contributed by atoms with van der Waals surface area (Å²) < 4.78 is 0.741. The highest BCUT2D eigenvalue weighted by molar-refractivity contribution is 9.10. The Bertz CT molecular complexity index is 571. The predicted molar refractivity (Wildman–Crippen MR) is 78.7 cm³/mol. The number of aryl methyl sites for hydroxylation is 1. The molecule has 0 aliphatic carbocycles. The molecule has 0 aliphatic rings. The average molecular weight is 341 g/mol. The van der Waals surface area contributed by atoms with E-state index in [0.717, 1.165) is 28.3 Å². The lowest BCUT2D eigenvalue weighted by atomic mass is 10.3. The molecule has 0 aliphatic heterocycles. The van der Waals surface area contributed by atoms with E-state index in [2.05, 4.69) is 42.8 Å². The fraction of sp³-hybridized carbons (Fsp3) is 0.273. The third-order valence-corrected chi connectivity index (χ3v) is 3.32. The van der Waals surface area contributed by atoms with Gasteiger partial charge in [0, 0.05) is 18.6 Å². The van der Waals surface area contributed by atoms with Crippen LogP contribution in [0.4, 0.5) is 11.6 Å². The summed E-state index contributed by atoms with van der Waals surface area (Å²) >= 11 is 4.68. The minimum atomic E-state index is 0.344. The normalized spacial score (nSPS) is 10.6. The fourth-order valence-electron chi connectivity index (χ4n) is 1.43. The summed E-state index contributed by atoms with van der Waals surface area (Å²) in [7, 11) is 0. The van der Waals surface area contributed by atoms with Gasteiger partial charge in [0.25, 0.3) is 0 Å². The minimum absolute atomic E-state index is 0.344. The highest BCUT2D eigenvalue weighted by Crippen LogP contribution is 2.26. The summed E-state index contributed by atoms with van der Waals surface area (Å²) in [6, 6.07) is 3.33. The Hall–Kier alpha value is -1.41. The van der Waals surface area contributed by atoms with Crippen LogP contribution in [-0.2, 0) is 6.42 Å². The first-order chi connectivity index (χ1) is 9.06. The molecular formula is C11H13BrN6S. The number of nitrogen functional groups attached to an aromatic ring is 2. The molecule has 0 aromatic carbocycles. The quantitative estimate of drug-likeness (QED) is 0.649. The first-order valence-corrected chi connectivity index (χ1v) is 7.29. The lowest BCUT2D eigenvalue weighted by molar-refractivity contribution is 0.801. The second-order valence-electron chi connectivity index (χ2n) is 3.80. The SMILES string of the molecule is CCCc1nc(Br)cc(Sc2nc(N)cc(N)n2)n1. The molecule has 0 unspecified atom stereocenters. The van der Waals surface area contributed by atoms with E-state index in [1.807, 2.05) is 6.07 Å². The molecule has 0 radical (unpaired) electrons. The van der Waals surface area contributed by atoms with E-state index >= 15 is 0 Å². The Morgan fingerprint density at radius 3 is 2.42 bits per heavy atom. The predicted octanol–water partition coefficient (Wildman–Crippen LogP) is 2.30. The Kier molecular flexibility index (Phi) is 4.54. The largest absolute Gasteiger partial charge is 0.383 e. The van der Waals surface area contributed by atoms with Crippen molar-refractivity contribution in [3.63, 3.8) is 0 Å². The summed E-state index contributed by atoms with van der Waals surface area (Å²) in [5, 5.41) is 1.24. The molecule has 8 heteroatoms. The molecule has 0 bridgehead atoms. The van der Waals surface area contributed by atoms with Gasteiger partial charge < -0.3 is 11.5 Å². The number of aromatic nitrogens is 4. The number of rotatable bonds is 4. The smallest absolute Gasteiger partial charge is 0.197 e. The zero-order chi connectivity index (χ0) is 13.8. The Morgan fingerprint density at radius 1 is 1.11 bits per heavy atom. The topological polar surface area (TPSA) is 104 Å². The van der Waals surface area contributed by atoms with E-state index in [1.165, 1.54) is 17.8 Å². The molecule has 0 atom stereocenters. The molecule has 0 amide bonds.